The summed E-state index contributed by atoms with van der Waals surface area (Å²) in [5.41, 5.74) is 0. The molecular weight excluding hydrogens is 112 g/mol. The number of allylic oxidation sites excluding steroid dienone is 1. The molecule has 0 aromatic rings. The van der Waals surface area contributed by atoms with Gasteiger partial charge in [-0.2, -0.15) is 0 Å². The lowest BCUT2D eigenvalue weighted by atomic mass is 10.1. The molecule has 1 heteroatoms. The van der Waals surface area contributed by atoms with Crippen LogP contribution in [0.15, 0.2) is 12.7 Å². The summed E-state index contributed by atoms with van der Waals surface area (Å²) in [7, 11) is 0. The summed E-state index contributed by atoms with van der Waals surface area (Å²) in [4.78, 5) is 10.7. The van der Waals surface area contributed by atoms with E-state index in [0.717, 1.165) is 25.7 Å². The first-order chi connectivity index (χ1) is 4.33. The highest BCUT2D eigenvalue weighted by atomic mass is 16.1. The lowest BCUT2D eigenvalue weighted by molar-refractivity contribution is -0.117. The van der Waals surface area contributed by atoms with Crippen LogP contribution in [0.1, 0.15) is 25.7 Å². The molecular formula is C8H12O. The Labute approximate surface area is 55.8 Å². The number of carbonyl (C=O) groups is 1. The van der Waals surface area contributed by atoms with E-state index in [9.17, 15) is 4.79 Å². The van der Waals surface area contributed by atoms with E-state index < -0.39 is 0 Å². The van der Waals surface area contributed by atoms with Gasteiger partial charge in [0.25, 0.3) is 0 Å². The van der Waals surface area contributed by atoms with E-state index >= 15 is 0 Å². The fourth-order valence-corrected chi connectivity index (χ4v) is 1.33. The summed E-state index contributed by atoms with van der Waals surface area (Å²) in [6.07, 6.45) is 5.62. The molecule has 1 nitrogen and oxygen atoms in total. The van der Waals surface area contributed by atoms with Crippen molar-refractivity contribution in [2.45, 2.75) is 25.7 Å². The maximum atomic E-state index is 10.7. The van der Waals surface area contributed by atoms with Crippen LogP contribution in [0.3, 0.4) is 0 Å². The minimum atomic E-state index is 0.432. The van der Waals surface area contributed by atoms with Gasteiger partial charge in [-0.25, -0.2) is 0 Å². The third-order valence-electron chi connectivity index (χ3n) is 1.85. The molecule has 0 heterocycles. The topological polar surface area (TPSA) is 17.1 Å². The van der Waals surface area contributed by atoms with E-state index in [2.05, 4.69) is 6.58 Å². The maximum Gasteiger partial charge on any atom is 0.133 e. The molecule has 0 radical (unpaired) electrons. The van der Waals surface area contributed by atoms with Crippen LogP contribution in [0.4, 0.5) is 0 Å². The molecule has 0 saturated heterocycles. The zero-order chi connectivity index (χ0) is 6.69. The van der Waals surface area contributed by atoms with Crippen LogP contribution in [-0.2, 0) is 4.79 Å². The molecule has 0 spiro atoms. The molecule has 1 atom stereocenters. The van der Waals surface area contributed by atoms with E-state index in [-0.39, 0.29) is 0 Å². The zero-order valence-electron chi connectivity index (χ0n) is 5.60. The van der Waals surface area contributed by atoms with Gasteiger partial charge in [0, 0.05) is 12.8 Å². The van der Waals surface area contributed by atoms with Gasteiger partial charge in [0.1, 0.15) is 5.78 Å². The van der Waals surface area contributed by atoms with Crippen LogP contribution in [-0.4, -0.2) is 5.78 Å². The highest BCUT2D eigenvalue weighted by Gasteiger charge is 2.19. The van der Waals surface area contributed by atoms with E-state index in [1.807, 2.05) is 6.08 Å². The normalized spacial score (nSPS) is 26.7. The van der Waals surface area contributed by atoms with Crippen molar-refractivity contribution in [3.05, 3.63) is 12.7 Å². The van der Waals surface area contributed by atoms with Crippen LogP contribution in [0, 0.1) is 5.92 Å². The lowest BCUT2D eigenvalue weighted by Crippen LogP contribution is -1.91. The van der Waals surface area contributed by atoms with Crippen LogP contribution in [0.25, 0.3) is 0 Å². The number of Topliss-reactive ketones (excluding diaryl/α,β-unsaturated/α-hetero) is 1. The van der Waals surface area contributed by atoms with Crippen molar-refractivity contribution in [1.29, 1.82) is 0 Å². The van der Waals surface area contributed by atoms with Gasteiger partial charge in [-0.1, -0.05) is 6.08 Å². The molecule has 0 aromatic carbocycles. The summed E-state index contributed by atoms with van der Waals surface area (Å²) in [6.45, 7) is 3.64. The second kappa shape index (κ2) is 2.81. The molecule has 0 aliphatic heterocycles. The minimum Gasteiger partial charge on any atom is -0.300 e. The Morgan fingerprint density at radius 3 is 3.00 bits per heavy atom. The Hall–Kier alpha value is -0.590. The van der Waals surface area contributed by atoms with Crippen molar-refractivity contribution in [2.75, 3.05) is 0 Å². The molecule has 0 N–H and O–H groups in total. The second-order valence-electron chi connectivity index (χ2n) is 2.67. The zero-order valence-corrected chi connectivity index (χ0v) is 5.60. The summed E-state index contributed by atoms with van der Waals surface area (Å²) in [6, 6.07) is 0. The number of rotatable bonds is 2. The Kier molecular flexibility index (Phi) is 2.04. The predicted octanol–water partition coefficient (Wildman–Crippen LogP) is 1.93. The third-order valence-corrected chi connectivity index (χ3v) is 1.85. The largest absolute Gasteiger partial charge is 0.300 e. The van der Waals surface area contributed by atoms with Crippen LogP contribution in [0.2, 0.25) is 0 Å². The van der Waals surface area contributed by atoms with Crippen LogP contribution in [0.5, 0.6) is 0 Å². The number of hydrogen-bond donors (Lipinski definition) is 0. The quantitative estimate of drug-likeness (QED) is 0.514. The van der Waals surface area contributed by atoms with Gasteiger partial charge in [-0.3, -0.25) is 4.79 Å². The molecule has 1 aliphatic carbocycles. The molecule has 1 rings (SSSR count). The number of hydrogen-bond acceptors (Lipinski definition) is 1. The monoisotopic (exact) mass is 124 g/mol. The van der Waals surface area contributed by atoms with Crippen LogP contribution >= 0.6 is 0 Å². The standard InChI is InChI=1S/C8H12O/c1-2-3-7-4-5-8(9)6-7/h2,7H,1,3-6H2/t7-/m1/s1. The molecule has 0 bridgehead atoms. The van der Waals surface area contributed by atoms with Gasteiger partial charge in [0.15, 0.2) is 0 Å². The van der Waals surface area contributed by atoms with E-state index in [1.165, 1.54) is 0 Å². The van der Waals surface area contributed by atoms with Crippen LogP contribution < -0.4 is 0 Å². The Morgan fingerprint density at radius 2 is 2.56 bits per heavy atom. The molecule has 1 aliphatic rings. The average molecular weight is 124 g/mol. The van der Waals surface area contributed by atoms with Gasteiger partial charge in [0.05, 0.1) is 0 Å². The van der Waals surface area contributed by atoms with Gasteiger partial charge < -0.3 is 0 Å². The molecule has 0 aromatic heterocycles. The fraction of sp³-hybridized carbons (Fsp3) is 0.625. The van der Waals surface area contributed by atoms with Crippen molar-refractivity contribution in [1.82, 2.24) is 0 Å². The van der Waals surface area contributed by atoms with E-state index in [1.54, 1.807) is 0 Å². The van der Waals surface area contributed by atoms with Gasteiger partial charge in [-0.05, 0) is 18.8 Å². The van der Waals surface area contributed by atoms with Crippen molar-refractivity contribution in [3.63, 3.8) is 0 Å². The first-order valence-corrected chi connectivity index (χ1v) is 3.45. The summed E-state index contributed by atoms with van der Waals surface area (Å²) in [5.74, 6) is 1.05. The van der Waals surface area contributed by atoms with Gasteiger partial charge in [0.2, 0.25) is 0 Å². The van der Waals surface area contributed by atoms with Gasteiger partial charge >= 0.3 is 0 Å². The Morgan fingerprint density at radius 1 is 1.78 bits per heavy atom. The summed E-state index contributed by atoms with van der Waals surface area (Å²) < 4.78 is 0. The smallest absolute Gasteiger partial charge is 0.133 e. The first-order valence-electron chi connectivity index (χ1n) is 3.45. The van der Waals surface area contributed by atoms with E-state index in [0.29, 0.717) is 11.7 Å². The van der Waals surface area contributed by atoms with Gasteiger partial charge in [-0.15, -0.1) is 6.58 Å². The highest BCUT2D eigenvalue weighted by Crippen LogP contribution is 2.24. The van der Waals surface area contributed by atoms with Crippen molar-refractivity contribution < 1.29 is 4.79 Å². The third kappa shape index (κ3) is 1.67. The highest BCUT2D eigenvalue weighted by molar-refractivity contribution is 5.80. The average Bonchev–Trinajstić information content (AvgIpc) is 2.17. The Bertz CT molecular complexity index is 127. The Balaban J connectivity index is 2.29. The SMILES string of the molecule is C=CC[C@@H]1CCC(=O)C1. The molecule has 0 amide bonds. The molecule has 1 saturated carbocycles. The van der Waals surface area contributed by atoms with Crippen molar-refractivity contribution in [3.8, 4) is 0 Å². The predicted molar refractivity (Wildman–Crippen MR) is 37.2 cm³/mol. The fourth-order valence-electron chi connectivity index (χ4n) is 1.33. The maximum absolute atomic E-state index is 10.7. The van der Waals surface area contributed by atoms with Crippen molar-refractivity contribution in [2.24, 2.45) is 5.92 Å². The van der Waals surface area contributed by atoms with E-state index in [4.69, 9.17) is 0 Å². The number of ketones is 1. The molecule has 9 heavy (non-hydrogen) atoms. The summed E-state index contributed by atoms with van der Waals surface area (Å²) >= 11 is 0. The molecule has 1 fully saturated rings. The molecule has 0 unspecified atom stereocenters. The second-order valence-corrected chi connectivity index (χ2v) is 2.67. The molecule has 50 valence electrons. The minimum absolute atomic E-state index is 0.432. The number of carbonyl (C=O) groups excluding carboxylic acids is 1. The lowest BCUT2D eigenvalue weighted by Gasteiger charge is -1.99. The van der Waals surface area contributed by atoms with Crippen molar-refractivity contribution >= 4 is 5.78 Å². The first kappa shape index (κ1) is 6.53. The summed E-state index contributed by atoms with van der Waals surface area (Å²) in [5, 5.41) is 0.